The van der Waals surface area contributed by atoms with Crippen LogP contribution in [0.25, 0.3) is 0 Å². The Bertz CT molecular complexity index is 674. The van der Waals surface area contributed by atoms with E-state index in [1.165, 1.54) is 11.3 Å². The lowest BCUT2D eigenvalue weighted by molar-refractivity contribution is -0.135. The van der Waals surface area contributed by atoms with Crippen LogP contribution in [0.15, 0.2) is 17.5 Å². The number of nitrogens with one attached hydrogen (secondary N) is 1. The zero-order chi connectivity index (χ0) is 19.8. The van der Waals surface area contributed by atoms with Gasteiger partial charge in [0.25, 0.3) is 5.91 Å². The van der Waals surface area contributed by atoms with Crippen LogP contribution in [0.1, 0.15) is 36.4 Å². The van der Waals surface area contributed by atoms with Crippen molar-refractivity contribution in [2.24, 2.45) is 11.8 Å². The van der Waals surface area contributed by atoms with Crippen LogP contribution in [0.3, 0.4) is 0 Å². The van der Waals surface area contributed by atoms with Crippen molar-refractivity contribution in [3.63, 3.8) is 0 Å². The van der Waals surface area contributed by atoms with Gasteiger partial charge in [0.05, 0.1) is 11.0 Å². The van der Waals surface area contributed by atoms with Gasteiger partial charge in [0.15, 0.2) is 0 Å². The molecule has 1 N–H and O–H groups in total. The molecule has 4 atom stereocenters. The van der Waals surface area contributed by atoms with E-state index in [2.05, 4.69) is 24.3 Å². The Morgan fingerprint density at radius 3 is 2.48 bits per heavy atom. The predicted molar refractivity (Wildman–Crippen MR) is 107 cm³/mol. The molecule has 1 saturated carbocycles. The lowest BCUT2D eigenvalue weighted by Gasteiger charge is -2.40. The number of hydrogen-bond acceptors (Lipinski definition) is 5. The van der Waals surface area contributed by atoms with Gasteiger partial charge >= 0.3 is 0 Å². The van der Waals surface area contributed by atoms with E-state index in [1.807, 2.05) is 16.3 Å². The molecular weight excluding hydrogens is 362 g/mol. The van der Waals surface area contributed by atoms with Gasteiger partial charge < -0.3 is 19.9 Å². The minimum Gasteiger partial charge on any atom is -0.380 e. The Morgan fingerprint density at radius 2 is 1.93 bits per heavy atom. The predicted octanol–water partition coefficient (Wildman–Crippen LogP) is 2.07. The summed E-state index contributed by atoms with van der Waals surface area (Å²) in [6, 6.07) is 4.00. The Labute approximate surface area is 165 Å². The second kappa shape index (κ2) is 7.89. The van der Waals surface area contributed by atoms with E-state index in [0.29, 0.717) is 22.8 Å². The Kier molecular flexibility index (Phi) is 5.93. The van der Waals surface area contributed by atoms with Crippen LogP contribution in [0.4, 0.5) is 0 Å². The van der Waals surface area contributed by atoms with Crippen LogP contribution in [-0.2, 0) is 9.53 Å². The zero-order valence-electron chi connectivity index (χ0n) is 16.9. The zero-order valence-corrected chi connectivity index (χ0v) is 17.7. The standard InChI is InChI=1S/C20H31N3O3S/c1-20(2,21-18(24)17-7-6-8-27-17)19(25)23-11-13-9-15(22(3)4)16(26-5)10-14(13)12-23/h6-8,13-16H,9-12H2,1-5H3,(H,21,24)/t13-,14+,15-,16-/m1/s1. The third-order valence-corrected chi connectivity index (χ3v) is 6.91. The summed E-state index contributed by atoms with van der Waals surface area (Å²) in [7, 11) is 5.97. The number of amides is 2. The molecule has 1 aromatic heterocycles. The number of likely N-dealkylation sites (N-methyl/N-ethyl adjacent to an activating group) is 1. The summed E-state index contributed by atoms with van der Waals surface area (Å²) < 4.78 is 5.73. The van der Waals surface area contributed by atoms with Gasteiger partial charge in [0, 0.05) is 26.2 Å². The summed E-state index contributed by atoms with van der Waals surface area (Å²) in [6.45, 7) is 5.11. The molecule has 2 amide bonds. The molecule has 0 aromatic carbocycles. The quantitative estimate of drug-likeness (QED) is 0.832. The van der Waals surface area contributed by atoms with Crippen molar-refractivity contribution in [1.82, 2.24) is 15.1 Å². The highest BCUT2D eigenvalue weighted by Gasteiger charge is 2.46. The van der Waals surface area contributed by atoms with Crippen molar-refractivity contribution in [3.8, 4) is 0 Å². The molecule has 0 spiro atoms. The number of fused-ring (bicyclic) bond motifs is 1. The van der Waals surface area contributed by atoms with E-state index in [9.17, 15) is 9.59 Å². The van der Waals surface area contributed by atoms with E-state index < -0.39 is 5.54 Å². The first kappa shape index (κ1) is 20.3. The number of carbonyl (C=O) groups excluding carboxylic acids is 2. The first-order valence-electron chi connectivity index (χ1n) is 9.57. The van der Waals surface area contributed by atoms with Crippen molar-refractivity contribution >= 4 is 23.2 Å². The number of ether oxygens (including phenoxy) is 1. The number of hydrogen-bond donors (Lipinski definition) is 1. The molecule has 1 saturated heterocycles. The fourth-order valence-electron chi connectivity index (χ4n) is 4.55. The topological polar surface area (TPSA) is 61.9 Å². The highest BCUT2D eigenvalue weighted by molar-refractivity contribution is 7.12. The first-order valence-corrected chi connectivity index (χ1v) is 10.5. The summed E-state index contributed by atoms with van der Waals surface area (Å²) in [4.78, 5) is 30.4. The maximum Gasteiger partial charge on any atom is 0.262 e. The van der Waals surface area contributed by atoms with E-state index in [1.54, 1.807) is 27.0 Å². The van der Waals surface area contributed by atoms with Crippen LogP contribution in [0, 0.1) is 11.8 Å². The third kappa shape index (κ3) is 4.20. The Hall–Kier alpha value is -1.44. The molecule has 2 heterocycles. The lowest BCUT2D eigenvalue weighted by Crippen LogP contribution is -2.55. The fraction of sp³-hybridized carbons (Fsp3) is 0.700. The number of methoxy groups -OCH3 is 1. The van der Waals surface area contributed by atoms with Gasteiger partial charge in [-0.15, -0.1) is 11.3 Å². The summed E-state index contributed by atoms with van der Waals surface area (Å²) in [5, 5.41) is 4.77. The van der Waals surface area contributed by atoms with E-state index >= 15 is 0 Å². The van der Waals surface area contributed by atoms with Crippen molar-refractivity contribution in [1.29, 1.82) is 0 Å². The van der Waals surface area contributed by atoms with Crippen LogP contribution in [0.2, 0.25) is 0 Å². The molecule has 150 valence electrons. The molecule has 1 aromatic rings. The van der Waals surface area contributed by atoms with Crippen LogP contribution in [0.5, 0.6) is 0 Å². The van der Waals surface area contributed by atoms with Crippen LogP contribution < -0.4 is 5.32 Å². The lowest BCUT2D eigenvalue weighted by atomic mass is 9.77. The molecule has 0 bridgehead atoms. The molecule has 7 heteroatoms. The van der Waals surface area contributed by atoms with Crippen molar-refractivity contribution in [3.05, 3.63) is 22.4 Å². The highest BCUT2D eigenvalue weighted by atomic mass is 32.1. The average molecular weight is 394 g/mol. The van der Waals surface area contributed by atoms with Crippen LogP contribution in [-0.4, -0.2) is 73.6 Å². The molecule has 0 radical (unpaired) electrons. The maximum absolute atomic E-state index is 13.2. The van der Waals surface area contributed by atoms with E-state index in [0.717, 1.165) is 25.9 Å². The summed E-state index contributed by atoms with van der Waals surface area (Å²) in [5.41, 5.74) is -0.920. The SMILES string of the molecule is CO[C@@H]1C[C@H]2CN(C(=O)C(C)(C)NC(=O)c3cccs3)C[C@H]2C[C@H]1N(C)C. The van der Waals surface area contributed by atoms with Crippen LogP contribution >= 0.6 is 11.3 Å². The van der Waals surface area contributed by atoms with Crippen molar-refractivity contribution in [2.75, 3.05) is 34.3 Å². The molecule has 2 fully saturated rings. The monoisotopic (exact) mass is 393 g/mol. The minimum absolute atomic E-state index is 0.00261. The molecule has 27 heavy (non-hydrogen) atoms. The second-order valence-electron chi connectivity index (χ2n) is 8.56. The molecule has 6 nitrogen and oxygen atoms in total. The molecular formula is C20H31N3O3S. The summed E-state index contributed by atoms with van der Waals surface area (Å²) >= 11 is 1.38. The molecule has 2 aliphatic rings. The van der Waals surface area contributed by atoms with Gasteiger partial charge in [0.1, 0.15) is 5.54 Å². The van der Waals surface area contributed by atoms with Crippen molar-refractivity contribution in [2.45, 2.75) is 44.4 Å². The Balaban J connectivity index is 1.65. The highest BCUT2D eigenvalue weighted by Crippen LogP contribution is 2.39. The summed E-state index contributed by atoms with van der Waals surface area (Å²) in [6.07, 6.45) is 2.24. The van der Waals surface area contributed by atoms with E-state index in [-0.39, 0.29) is 17.9 Å². The minimum atomic E-state index is -0.920. The largest absolute Gasteiger partial charge is 0.380 e. The average Bonchev–Trinajstić information content (AvgIpc) is 3.28. The molecule has 1 aliphatic carbocycles. The second-order valence-corrected chi connectivity index (χ2v) is 9.51. The number of thiophene rings is 1. The van der Waals surface area contributed by atoms with E-state index in [4.69, 9.17) is 4.74 Å². The van der Waals surface area contributed by atoms with Gasteiger partial charge in [0.2, 0.25) is 5.91 Å². The number of carbonyl (C=O) groups is 2. The fourth-order valence-corrected chi connectivity index (χ4v) is 5.17. The first-order chi connectivity index (χ1) is 12.7. The van der Waals surface area contributed by atoms with Crippen molar-refractivity contribution < 1.29 is 14.3 Å². The van der Waals surface area contributed by atoms with Gasteiger partial charge in [-0.3, -0.25) is 9.59 Å². The van der Waals surface area contributed by atoms with Gasteiger partial charge in [-0.25, -0.2) is 0 Å². The molecule has 3 rings (SSSR count). The molecule has 0 unspecified atom stereocenters. The number of nitrogens with zero attached hydrogens (tertiary/aromatic N) is 2. The maximum atomic E-state index is 13.2. The smallest absolute Gasteiger partial charge is 0.262 e. The molecule has 1 aliphatic heterocycles. The van der Waals surface area contributed by atoms with Gasteiger partial charge in [-0.05, 0) is 64.1 Å². The summed E-state index contributed by atoms with van der Waals surface area (Å²) in [5.74, 6) is 0.778. The third-order valence-electron chi connectivity index (χ3n) is 6.04. The number of likely N-dealkylation sites (tertiary alicyclic amines) is 1. The Morgan fingerprint density at radius 1 is 1.26 bits per heavy atom. The van der Waals surface area contributed by atoms with Gasteiger partial charge in [-0.1, -0.05) is 6.07 Å². The van der Waals surface area contributed by atoms with Gasteiger partial charge in [-0.2, -0.15) is 0 Å². The normalized spacial score (nSPS) is 28.3. The number of rotatable bonds is 5.